The van der Waals surface area contributed by atoms with Crippen molar-refractivity contribution in [3.63, 3.8) is 0 Å². The minimum absolute atomic E-state index is 0.0370. The van der Waals surface area contributed by atoms with Crippen LogP contribution in [0.2, 0.25) is 0 Å². The summed E-state index contributed by atoms with van der Waals surface area (Å²) < 4.78 is 16.4. The number of amides is 1. The van der Waals surface area contributed by atoms with Crippen molar-refractivity contribution in [2.45, 2.75) is 0 Å². The Hall–Kier alpha value is -2.08. The van der Waals surface area contributed by atoms with Gasteiger partial charge in [-0.15, -0.1) is 0 Å². The first kappa shape index (κ1) is 13.6. The Bertz CT molecular complexity index is 705. The molecule has 0 aliphatic carbocycles. The second-order valence-corrected chi connectivity index (χ2v) is 6.39. The van der Waals surface area contributed by atoms with Crippen LogP contribution in [0.1, 0.15) is 5.76 Å². The van der Waals surface area contributed by atoms with Gasteiger partial charge in [0.15, 0.2) is 11.5 Å². The summed E-state index contributed by atoms with van der Waals surface area (Å²) in [5.74, 6) is 4.13. The molecule has 2 aliphatic rings. The van der Waals surface area contributed by atoms with Crippen LogP contribution in [-0.2, 0) is 4.79 Å². The highest BCUT2D eigenvalue weighted by molar-refractivity contribution is 7.99. The number of furan rings is 1. The van der Waals surface area contributed by atoms with Crippen LogP contribution in [0.3, 0.4) is 0 Å². The first-order chi connectivity index (χ1) is 10.8. The molecule has 0 bridgehead atoms. The molecule has 2 aromatic rings. The van der Waals surface area contributed by atoms with E-state index in [0.717, 1.165) is 41.3 Å². The average Bonchev–Trinajstić information content (AvgIpc) is 3.16. The molecular weight excluding hydrogens is 302 g/mol. The van der Waals surface area contributed by atoms with E-state index in [1.165, 1.54) is 0 Å². The van der Waals surface area contributed by atoms with Gasteiger partial charge < -0.3 is 18.8 Å². The number of fused-ring (bicyclic) bond motifs is 2. The first-order valence-corrected chi connectivity index (χ1v) is 8.33. The lowest BCUT2D eigenvalue weighted by atomic mass is 10.2. The summed E-state index contributed by atoms with van der Waals surface area (Å²) in [6, 6.07) is 5.61. The summed E-state index contributed by atoms with van der Waals surface area (Å²) in [5, 5.41) is 0.936. The number of hydrogen-bond donors (Lipinski definition) is 0. The summed E-state index contributed by atoms with van der Waals surface area (Å²) in [6.45, 7) is 1.88. The molecule has 1 saturated heterocycles. The van der Waals surface area contributed by atoms with Gasteiger partial charge in [0.05, 0.1) is 0 Å². The number of hydrogen-bond acceptors (Lipinski definition) is 5. The lowest BCUT2D eigenvalue weighted by Crippen LogP contribution is -2.36. The fourth-order valence-corrected chi connectivity index (χ4v) is 3.48. The minimum atomic E-state index is 0.0370. The highest BCUT2D eigenvalue weighted by Crippen LogP contribution is 2.37. The Morgan fingerprint density at radius 3 is 2.73 bits per heavy atom. The van der Waals surface area contributed by atoms with Crippen molar-refractivity contribution >= 4 is 34.7 Å². The Labute approximate surface area is 131 Å². The topological polar surface area (TPSA) is 51.9 Å². The van der Waals surface area contributed by atoms with Gasteiger partial charge in [-0.3, -0.25) is 4.79 Å². The number of carbonyl (C=O) groups is 1. The largest absolute Gasteiger partial charge is 0.457 e. The normalized spacial score (nSPS) is 17.5. The van der Waals surface area contributed by atoms with E-state index in [1.807, 2.05) is 34.9 Å². The second-order valence-electron chi connectivity index (χ2n) is 5.16. The monoisotopic (exact) mass is 317 g/mol. The number of benzene rings is 1. The van der Waals surface area contributed by atoms with E-state index in [-0.39, 0.29) is 12.7 Å². The average molecular weight is 317 g/mol. The summed E-state index contributed by atoms with van der Waals surface area (Å²) >= 11 is 1.88. The zero-order valence-corrected chi connectivity index (χ0v) is 12.7. The summed E-state index contributed by atoms with van der Waals surface area (Å²) in [6.07, 6.45) is 3.30. The number of rotatable bonds is 2. The third-order valence-electron chi connectivity index (χ3n) is 3.74. The van der Waals surface area contributed by atoms with Crippen LogP contribution in [0.15, 0.2) is 28.7 Å². The SMILES string of the molecule is O=C(C=Cc1cc2cc3c(cc2o1)OCO3)N1CCSCC1. The van der Waals surface area contributed by atoms with Crippen molar-refractivity contribution in [2.75, 3.05) is 31.4 Å². The predicted octanol–water partition coefficient (Wildman–Crippen LogP) is 2.75. The van der Waals surface area contributed by atoms with Crippen LogP contribution >= 0.6 is 11.8 Å². The zero-order chi connectivity index (χ0) is 14.9. The van der Waals surface area contributed by atoms with Gasteiger partial charge >= 0.3 is 0 Å². The van der Waals surface area contributed by atoms with Crippen LogP contribution in [0, 0.1) is 0 Å². The lowest BCUT2D eigenvalue weighted by molar-refractivity contribution is -0.125. The van der Waals surface area contributed by atoms with E-state index >= 15 is 0 Å². The van der Waals surface area contributed by atoms with Crippen LogP contribution in [0.4, 0.5) is 0 Å². The molecule has 0 N–H and O–H groups in total. The molecule has 0 saturated carbocycles. The van der Waals surface area contributed by atoms with Crippen molar-refractivity contribution in [2.24, 2.45) is 0 Å². The molecule has 2 aliphatic heterocycles. The molecule has 5 nitrogen and oxygen atoms in total. The van der Waals surface area contributed by atoms with Gasteiger partial charge in [-0.1, -0.05) is 0 Å². The van der Waals surface area contributed by atoms with E-state index in [2.05, 4.69) is 0 Å². The van der Waals surface area contributed by atoms with Gasteiger partial charge in [-0.05, 0) is 18.2 Å². The van der Waals surface area contributed by atoms with E-state index in [1.54, 1.807) is 12.2 Å². The fourth-order valence-electron chi connectivity index (χ4n) is 2.57. The van der Waals surface area contributed by atoms with Gasteiger partial charge in [0.25, 0.3) is 0 Å². The molecule has 114 valence electrons. The molecule has 3 heterocycles. The Morgan fingerprint density at radius 2 is 1.91 bits per heavy atom. The number of thioether (sulfide) groups is 1. The Morgan fingerprint density at radius 1 is 1.14 bits per heavy atom. The fraction of sp³-hybridized carbons (Fsp3) is 0.312. The molecule has 6 heteroatoms. The molecule has 1 aromatic heterocycles. The molecule has 0 radical (unpaired) electrons. The number of ether oxygens (including phenoxy) is 2. The summed E-state index contributed by atoms with van der Waals surface area (Å²) in [5.41, 5.74) is 0.728. The highest BCUT2D eigenvalue weighted by Gasteiger charge is 2.17. The summed E-state index contributed by atoms with van der Waals surface area (Å²) in [4.78, 5) is 14.0. The molecule has 0 spiro atoms. The maximum Gasteiger partial charge on any atom is 0.246 e. The zero-order valence-electron chi connectivity index (χ0n) is 11.9. The quantitative estimate of drug-likeness (QED) is 0.797. The lowest BCUT2D eigenvalue weighted by Gasteiger charge is -2.24. The second kappa shape index (κ2) is 5.61. The molecule has 1 amide bonds. The molecule has 4 rings (SSSR count). The van der Waals surface area contributed by atoms with Crippen molar-refractivity contribution in [3.05, 3.63) is 30.0 Å². The number of carbonyl (C=O) groups excluding carboxylic acids is 1. The maximum absolute atomic E-state index is 12.1. The molecular formula is C16H15NO4S. The van der Waals surface area contributed by atoms with Crippen molar-refractivity contribution in [1.82, 2.24) is 4.90 Å². The minimum Gasteiger partial charge on any atom is -0.457 e. The van der Waals surface area contributed by atoms with E-state index < -0.39 is 0 Å². The first-order valence-electron chi connectivity index (χ1n) is 7.17. The third-order valence-corrected chi connectivity index (χ3v) is 4.69. The van der Waals surface area contributed by atoms with Crippen molar-refractivity contribution < 1.29 is 18.7 Å². The van der Waals surface area contributed by atoms with Crippen LogP contribution in [0.5, 0.6) is 11.5 Å². The van der Waals surface area contributed by atoms with Crippen molar-refractivity contribution in [1.29, 1.82) is 0 Å². The van der Waals surface area contributed by atoms with Gasteiger partial charge in [-0.2, -0.15) is 11.8 Å². The van der Waals surface area contributed by atoms with E-state index in [4.69, 9.17) is 13.9 Å². The molecule has 1 aromatic carbocycles. The van der Waals surface area contributed by atoms with Crippen LogP contribution < -0.4 is 9.47 Å². The summed E-state index contributed by atoms with van der Waals surface area (Å²) in [7, 11) is 0. The third kappa shape index (κ3) is 2.54. The van der Waals surface area contributed by atoms with Gasteiger partial charge in [0.1, 0.15) is 11.3 Å². The van der Waals surface area contributed by atoms with E-state index in [0.29, 0.717) is 11.5 Å². The van der Waals surface area contributed by atoms with E-state index in [9.17, 15) is 4.79 Å². The van der Waals surface area contributed by atoms with Crippen LogP contribution in [0.25, 0.3) is 17.0 Å². The number of nitrogens with zero attached hydrogens (tertiary/aromatic N) is 1. The molecule has 0 unspecified atom stereocenters. The Kier molecular flexibility index (Phi) is 3.46. The predicted molar refractivity (Wildman–Crippen MR) is 85.3 cm³/mol. The molecule has 1 fully saturated rings. The molecule has 0 atom stereocenters. The Balaban J connectivity index is 1.54. The van der Waals surface area contributed by atoms with Gasteiger partial charge in [0.2, 0.25) is 12.7 Å². The van der Waals surface area contributed by atoms with Gasteiger partial charge in [0, 0.05) is 42.1 Å². The smallest absolute Gasteiger partial charge is 0.246 e. The van der Waals surface area contributed by atoms with Gasteiger partial charge in [-0.25, -0.2) is 0 Å². The standard InChI is InChI=1S/C16H15NO4S/c18-16(17-3-5-22-6-4-17)2-1-12-7-11-8-14-15(20-10-19-14)9-13(11)21-12/h1-2,7-9H,3-6,10H2. The highest BCUT2D eigenvalue weighted by atomic mass is 32.2. The van der Waals surface area contributed by atoms with Crippen molar-refractivity contribution in [3.8, 4) is 11.5 Å². The maximum atomic E-state index is 12.1. The molecule has 22 heavy (non-hydrogen) atoms. The van der Waals surface area contributed by atoms with Crippen LogP contribution in [-0.4, -0.2) is 42.2 Å².